The van der Waals surface area contributed by atoms with Gasteiger partial charge in [-0.1, -0.05) is 76.5 Å². The molecule has 0 aromatic heterocycles. The van der Waals surface area contributed by atoms with Gasteiger partial charge < -0.3 is 88.6 Å². The van der Waals surface area contributed by atoms with E-state index in [1.54, 1.807) is 0 Å². The molecule has 0 radical (unpaired) electrons. The third-order valence-corrected chi connectivity index (χ3v) is 23.3. The molecule has 3 aromatic rings. The molecule has 6 aliphatic carbocycles. The van der Waals surface area contributed by atoms with Gasteiger partial charge in [-0.2, -0.15) is 0 Å². The normalized spacial score (nSPS) is 34.7. The number of benzene rings is 3. The number of carbonyl (C=O) groups is 3. The lowest BCUT2D eigenvalue weighted by Gasteiger charge is -2.44. The number of phenols is 3. The first-order valence-electron chi connectivity index (χ1n) is 37.1. The smallest absolute Gasteiger partial charge is 0.303 e. The number of aromatic hydroxyl groups is 3. The van der Waals surface area contributed by atoms with Gasteiger partial charge in [0.15, 0.2) is 58.9 Å². The van der Waals surface area contributed by atoms with E-state index in [9.17, 15) is 60.3 Å². The van der Waals surface area contributed by atoms with Gasteiger partial charge in [-0.25, -0.2) is 0 Å². The van der Waals surface area contributed by atoms with Crippen molar-refractivity contribution in [3.63, 3.8) is 0 Å². The van der Waals surface area contributed by atoms with E-state index in [2.05, 4.69) is 101 Å². The van der Waals surface area contributed by atoms with Gasteiger partial charge >= 0.3 is 17.9 Å². The molecule has 24 atom stereocenters. The Morgan fingerprint density at radius 2 is 0.696 bits per heavy atom. The van der Waals surface area contributed by atoms with Crippen molar-refractivity contribution in [1.82, 2.24) is 0 Å². The molecule has 0 spiro atoms. The molecule has 3 aromatic carbocycles. The number of aliphatic hydroxyl groups excluding tert-OH is 6. The number of ether oxygens (including phenoxy) is 9. The molecule has 15 unspecified atom stereocenters. The quantitative estimate of drug-likeness (QED) is 0.0462. The van der Waals surface area contributed by atoms with Crippen LogP contribution in [0, 0.1) is 38.5 Å². The Kier molecular flexibility index (Phi) is 24.4. The lowest BCUT2D eigenvalue weighted by molar-refractivity contribution is -0.250. The van der Waals surface area contributed by atoms with Gasteiger partial charge in [0.2, 0.25) is 18.9 Å². The number of esters is 3. The molecule has 9 aliphatic rings. The summed E-state index contributed by atoms with van der Waals surface area (Å²) < 4.78 is 50.7. The average molecular weight is 1420 g/mol. The van der Waals surface area contributed by atoms with E-state index in [1.807, 2.05) is 20.8 Å². The first-order valence-corrected chi connectivity index (χ1v) is 37.1. The summed E-state index contributed by atoms with van der Waals surface area (Å²) in [5.41, 5.74) is 16.5. The Hall–Kier alpha value is -6.27. The molecule has 3 heterocycles. The molecule has 21 nitrogen and oxygen atoms in total. The molecule has 102 heavy (non-hydrogen) atoms. The zero-order valence-electron chi connectivity index (χ0n) is 63.0. The van der Waals surface area contributed by atoms with Crippen molar-refractivity contribution in [3.05, 3.63) is 102 Å². The van der Waals surface area contributed by atoms with Crippen LogP contribution in [0.5, 0.6) is 34.5 Å². The molecule has 9 N–H and O–H groups in total. The largest absolute Gasteiger partial charge is 0.504 e. The van der Waals surface area contributed by atoms with Gasteiger partial charge in [0.25, 0.3) is 0 Å². The summed E-state index contributed by atoms with van der Waals surface area (Å²) in [6, 6.07) is 0. The number of aliphatic hydroxyl groups is 6. The van der Waals surface area contributed by atoms with E-state index in [0.717, 1.165) is 91.2 Å². The minimum atomic E-state index is -1.44. The number of allylic oxidation sites excluding steroid dienone is 6. The van der Waals surface area contributed by atoms with Crippen LogP contribution in [-0.4, -0.2) is 157 Å². The fourth-order valence-corrected chi connectivity index (χ4v) is 18.8. The maximum absolute atomic E-state index is 11.7. The van der Waals surface area contributed by atoms with Gasteiger partial charge in [-0.3, -0.25) is 14.4 Å². The van der Waals surface area contributed by atoms with Gasteiger partial charge in [0.1, 0.15) is 30.5 Å². The summed E-state index contributed by atoms with van der Waals surface area (Å²) in [5.74, 6) is 3.33. The number of carbonyl (C=O) groups excluding carboxylic acids is 3. The van der Waals surface area contributed by atoms with Crippen molar-refractivity contribution in [3.8, 4) is 34.5 Å². The lowest BCUT2D eigenvalue weighted by Crippen LogP contribution is -2.56. The standard InChI is InChI=1S/3C27H38O7/c1-12(2)9-17-10-14(4)18-8-7-13(3)20-22(18)21(17)15(5)25(23(20)30)34-27-24(31)26(33-16(6)28)19(29)11-32-27;1-12(2)9-17-10-14(4)18-8-7-13(3)20-22(18)21(17)15(5)26(24(20)30)34-27-25(31)23(29)19(11-32-27)33-16(6)28;1-12(2)9-17-10-14(4)18-8-7-13(3)20-22(18)21(17)15(5)25(24(20)31)34-27-26(33-16(6)28)23(30)19(29)11-32-27/h9,13-14,17-19,24,26-27,29-31H,7-8,10-11H2,1-6H3;9,13-14,17-19,23,25,27,29-31H,7-8,10-11H2,1-6H3;9,13-14,17-19,23,26-27,29-31H,7-8,10-11H2,1-6H3/t13-,14-,17?,18+,19?,24?,26?,27?;13-,14-,17?,18+,19?,23?,25?,27?;13-,14-,17?,18+,19?,23?,26?,27?/m000/s1. The van der Waals surface area contributed by atoms with Crippen molar-refractivity contribution >= 4 is 17.9 Å². The minimum absolute atomic E-state index is 0.101. The minimum Gasteiger partial charge on any atom is -0.504 e. The molecule has 3 fully saturated rings. The Labute approximate surface area is 601 Å². The topological polar surface area (TPSA) is 316 Å². The fraction of sp³-hybridized carbons (Fsp3) is 0.667. The van der Waals surface area contributed by atoms with E-state index in [0.29, 0.717) is 52.8 Å². The summed E-state index contributed by atoms with van der Waals surface area (Å²) in [5, 5.41) is 97.0. The summed E-state index contributed by atoms with van der Waals surface area (Å²) in [4.78, 5) is 34.4. The van der Waals surface area contributed by atoms with Crippen LogP contribution in [-0.2, 0) is 42.8 Å². The van der Waals surface area contributed by atoms with Crippen LogP contribution < -0.4 is 14.2 Å². The fourth-order valence-electron chi connectivity index (χ4n) is 18.8. The van der Waals surface area contributed by atoms with Crippen LogP contribution in [0.25, 0.3) is 0 Å². The molecule has 0 saturated carbocycles. The van der Waals surface area contributed by atoms with Crippen LogP contribution in [0.2, 0.25) is 0 Å². The summed E-state index contributed by atoms with van der Waals surface area (Å²) in [6.45, 7) is 35.1. The van der Waals surface area contributed by atoms with Gasteiger partial charge in [-0.15, -0.1) is 0 Å². The van der Waals surface area contributed by atoms with Crippen molar-refractivity contribution < 1.29 is 103 Å². The van der Waals surface area contributed by atoms with Gasteiger partial charge in [-0.05, 0) is 223 Å². The van der Waals surface area contributed by atoms with Crippen molar-refractivity contribution in [2.45, 2.75) is 309 Å². The monoisotopic (exact) mass is 1420 g/mol. The SMILES string of the molecule is CC(=O)OC1C(O)COC(Oc2c(C)c3c4c(c2O)[C@@H](C)CC[C@@H]4[C@@H](C)CC3C=C(C)C)C1O.CC(=O)OC1C(Oc2c(C)c3c4c(c2O)[C@@H](C)CC[C@@H]4[C@@H](C)CC3C=C(C)C)OCC(O)C1O.CC(=O)OC1COC(Oc2c(C)c3c4c(c2O)[C@@H](C)CC[C@@H]4[C@@H](C)CC3C=C(C)C)C(O)C1O. The highest BCUT2D eigenvalue weighted by Crippen LogP contribution is 2.62. The summed E-state index contributed by atoms with van der Waals surface area (Å²) in [7, 11) is 0. The Morgan fingerprint density at radius 1 is 0.373 bits per heavy atom. The number of phenolic OH excluding ortho intramolecular Hbond substituents is 3. The van der Waals surface area contributed by atoms with Crippen LogP contribution in [0.3, 0.4) is 0 Å². The zero-order chi connectivity index (χ0) is 74.7. The van der Waals surface area contributed by atoms with E-state index in [4.69, 9.17) is 42.6 Å². The third-order valence-electron chi connectivity index (χ3n) is 23.3. The number of hydrogen-bond donors (Lipinski definition) is 9. The highest BCUT2D eigenvalue weighted by molar-refractivity contribution is 5.69. The third kappa shape index (κ3) is 15.5. The molecule has 0 bridgehead atoms. The first-order chi connectivity index (χ1) is 48.0. The highest BCUT2D eigenvalue weighted by atomic mass is 16.7. The molecule has 3 saturated heterocycles. The number of rotatable bonds is 12. The molecule has 21 heteroatoms. The summed E-state index contributed by atoms with van der Waals surface area (Å²) in [6.07, 6.45) is 1.46. The zero-order valence-corrected chi connectivity index (χ0v) is 63.0. The first kappa shape index (κ1) is 78.3. The predicted octanol–water partition coefficient (Wildman–Crippen LogP) is 12.5. The van der Waals surface area contributed by atoms with Crippen molar-refractivity contribution in [2.75, 3.05) is 19.8 Å². The van der Waals surface area contributed by atoms with Crippen LogP contribution in [0.15, 0.2) is 34.9 Å². The summed E-state index contributed by atoms with van der Waals surface area (Å²) >= 11 is 0. The van der Waals surface area contributed by atoms with Crippen LogP contribution in [0.1, 0.15) is 282 Å². The highest BCUT2D eigenvalue weighted by Gasteiger charge is 2.50. The Balaban J connectivity index is 0.000000165. The molecule has 564 valence electrons. The van der Waals surface area contributed by atoms with E-state index in [-0.39, 0.29) is 72.6 Å². The Bertz CT molecular complexity index is 3690. The van der Waals surface area contributed by atoms with Crippen LogP contribution in [0.4, 0.5) is 0 Å². The van der Waals surface area contributed by atoms with Gasteiger partial charge in [0, 0.05) is 55.2 Å². The molecule has 3 aliphatic heterocycles. The van der Waals surface area contributed by atoms with E-state index < -0.39 is 91.7 Å². The maximum Gasteiger partial charge on any atom is 0.303 e. The second kappa shape index (κ2) is 31.8. The maximum atomic E-state index is 11.7. The van der Waals surface area contributed by atoms with E-state index in [1.165, 1.54) is 70.9 Å². The van der Waals surface area contributed by atoms with E-state index >= 15 is 0 Å². The lowest BCUT2D eigenvalue weighted by atomic mass is 9.62. The molecule has 12 rings (SSSR count). The molecule has 0 amide bonds. The molecular weight excluding hydrogens is 1310 g/mol. The molecular formula is C81H114O21. The second-order valence-electron chi connectivity index (χ2n) is 31.9. The number of hydrogen-bond acceptors (Lipinski definition) is 21. The van der Waals surface area contributed by atoms with Crippen LogP contribution >= 0.6 is 0 Å². The predicted molar refractivity (Wildman–Crippen MR) is 381 cm³/mol. The average Bonchev–Trinajstić information content (AvgIpc) is 0.736. The van der Waals surface area contributed by atoms with Gasteiger partial charge in [0.05, 0.1) is 19.8 Å². The Morgan fingerprint density at radius 3 is 1.06 bits per heavy atom. The van der Waals surface area contributed by atoms with Crippen molar-refractivity contribution in [1.29, 1.82) is 0 Å². The van der Waals surface area contributed by atoms with Crippen molar-refractivity contribution in [2.24, 2.45) is 17.8 Å². The second-order valence-corrected chi connectivity index (χ2v) is 31.9.